The van der Waals surface area contributed by atoms with Gasteiger partial charge in [-0.3, -0.25) is 4.72 Å². The topological polar surface area (TPSA) is 49.3 Å². The highest BCUT2D eigenvalue weighted by atomic mass is 32.1. The first-order valence-corrected chi connectivity index (χ1v) is 7.74. The molecule has 0 spiro atoms. The van der Waals surface area contributed by atoms with Crippen LogP contribution in [0.3, 0.4) is 0 Å². The summed E-state index contributed by atoms with van der Waals surface area (Å²) < 4.78 is 3.68. The van der Waals surface area contributed by atoms with Gasteiger partial charge in [0.05, 0.1) is 5.56 Å². The van der Waals surface area contributed by atoms with Gasteiger partial charge in [0.15, 0.2) is 0 Å². The predicted molar refractivity (Wildman–Crippen MR) is 90.0 cm³/mol. The van der Waals surface area contributed by atoms with Crippen LogP contribution in [0.4, 0.5) is 0 Å². The van der Waals surface area contributed by atoms with E-state index in [0.29, 0.717) is 12.1 Å². The molecule has 1 heterocycles. The molecule has 1 aromatic heterocycles. The molecular formula is C16H13NO2S2. The van der Waals surface area contributed by atoms with E-state index < -0.39 is 5.97 Å². The molecule has 0 amide bonds. The van der Waals surface area contributed by atoms with Gasteiger partial charge in [0, 0.05) is 22.2 Å². The van der Waals surface area contributed by atoms with Crippen LogP contribution in [0.5, 0.6) is 0 Å². The number of benzene rings is 2. The molecule has 2 aromatic carbocycles. The number of aromatic carboxylic acids is 1. The maximum atomic E-state index is 11.3. The van der Waals surface area contributed by atoms with Crippen molar-refractivity contribution < 1.29 is 9.90 Å². The van der Waals surface area contributed by atoms with E-state index in [1.165, 1.54) is 11.3 Å². The van der Waals surface area contributed by atoms with Crippen LogP contribution in [0.25, 0.3) is 21.2 Å². The second kappa shape index (κ2) is 5.89. The number of hydrogen-bond acceptors (Lipinski definition) is 4. The molecule has 0 unspecified atom stereocenters. The Morgan fingerprint density at radius 2 is 1.95 bits per heavy atom. The maximum absolute atomic E-state index is 11.3. The second-order valence-electron chi connectivity index (χ2n) is 4.63. The number of nitrogens with one attached hydrogen (secondary N) is 1. The molecule has 0 aliphatic carbocycles. The largest absolute Gasteiger partial charge is 0.478 e. The van der Waals surface area contributed by atoms with Crippen LogP contribution >= 0.6 is 24.2 Å². The van der Waals surface area contributed by atoms with Crippen LogP contribution in [-0.2, 0) is 6.54 Å². The zero-order valence-electron chi connectivity index (χ0n) is 11.0. The van der Waals surface area contributed by atoms with Gasteiger partial charge in [0.25, 0.3) is 0 Å². The average molecular weight is 315 g/mol. The Kier molecular flexibility index (Phi) is 3.96. The molecule has 5 heteroatoms. The summed E-state index contributed by atoms with van der Waals surface area (Å²) in [4.78, 5) is 11.3. The molecular weight excluding hydrogens is 302 g/mol. The minimum Gasteiger partial charge on any atom is -0.478 e. The molecule has 0 fully saturated rings. The highest BCUT2D eigenvalue weighted by Gasteiger charge is 2.14. The van der Waals surface area contributed by atoms with E-state index >= 15 is 0 Å². The highest BCUT2D eigenvalue weighted by Crippen LogP contribution is 2.37. The minimum atomic E-state index is -0.890. The van der Waals surface area contributed by atoms with Crippen molar-refractivity contribution >= 4 is 40.2 Å². The van der Waals surface area contributed by atoms with Crippen LogP contribution in [0.1, 0.15) is 15.9 Å². The number of fused-ring (bicyclic) bond motifs is 1. The third-order valence-corrected chi connectivity index (χ3v) is 4.59. The smallest absolute Gasteiger partial charge is 0.337 e. The Balaban J connectivity index is 2.23. The number of thiophene rings is 1. The Morgan fingerprint density at radius 1 is 1.14 bits per heavy atom. The summed E-state index contributed by atoms with van der Waals surface area (Å²) in [6.07, 6.45) is 0. The first kappa shape index (κ1) is 14.1. The second-order valence-corrected chi connectivity index (χ2v) is 5.82. The van der Waals surface area contributed by atoms with Crippen LogP contribution in [0, 0.1) is 0 Å². The van der Waals surface area contributed by atoms with Gasteiger partial charge in [0.2, 0.25) is 0 Å². The molecule has 2 N–H and O–H groups in total. The van der Waals surface area contributed by atoms with E-state index in [-0.39, 0.29) is 0 Å². The molecule has 0 saturated heterocycles. The zero-order chi connectivity index (χ0) is 14.8. The molecule has 106 valence electrons. The minimum absolute atomic E-state index is 0.355. The van der Waals surface area contributed by atoms with E-state index in [0.717, 1.165) is 26.8 Å². The lowest BCUT2D eigenvalue weighted by molar-refractivity contribution is 0.0699. The molecule has 0 aliphatic heterocycles. The molecule has 0 bridgehead atoms. The molecule has 0 atom stereocenters. The van der Waals surface area contributed by atoms with Gasteiger partial charge in [0.1, 0.15) is 0 Å². The Hall–Kier alpha value is -1.82. The number of thiol groups is 1. The fourth-order valence-electron chi connectivity index (χ4n) is 2.46. The fraction of sp³-hybridized carbons (Fsp3) is 0.0625. The van der Waals surface area contributed by atoms with Crippen molar-refractivity contribution in [3.63, 3.8) is 0 Å². The van der Waals surface area contributed by atoms with Crippen LogP contribution in [0.15, 0.2) is 47.8 Å². The number of carboxylic acids is 1. The van der Waals surface area contributed by atoms with E-state index in [9.17, 15) is 9.90 Å². The predicted octanol–water partition coefficient (Wildman–Crippen LogP) is 4.20. The molecule has 0 saturated carbocycles. The monoisotopic (exact) mass is 315 g/mol. The number of carboxylic acid groups (broad SMARTS) is 1. The molecule has 3 aromatic rings. The molecule has 0 aliphatic rings. The van der Waals surface area contributed by atoms with Crippen molar-refractivity contribution in [1.82, 2.24) is 4.72 Å². The van der Waals surface area contributed by atoms with Crippen LogP contribution in [0.2, 0.25) is 0 Å². The standard InChI is InChI=1S/C16H13NO2S2/c18-16(19)13-7-3-6-12-14(9-21-15(12)13)11-5-2-1-4-10(11)8-17-20/h1-7,9,17,20H,8H2,(H,18,19). The lowest BCUT2D eigenvalue weighted by atomic mass is 9.98. The van der Waals surface area contributed by atoms with Crippen LogP contribution in [-0.4, -0.2) is 11.1 Å². The number of rotatable bonds is 4. The molecule has 21 heavy (non-hydrogen) atoms. The summed E-state index contributed by atoms with van der Waals surface area (Å²) in [6.45, 7) is 0.648. The summed E-state index contributed by atoms with van der Waals surface area (Å²) in [5, 5.41) is 12.3. The van der Waals surface area contributed by atoms with Crippen molar-refractivity contribution in [2.24, 2.45) is 0 Å². The first-order valence-electron chi connectivity index (χ1n) is 6.41. The normalized spacial score (nSPS) is 10.9. The van der Waals surface area contributed by atoms with Crippen molar-refractivity contribution in [2.75, 3.05) is 0 Å². The van der Waals surface area contributed by atoms with Gasteiger partial charge in [-0.2, -0.15) is 0 Å². The van der Waals surface area contributed by atoms with Crippen molar-refractivity contribution in [1.29, 1.82) is 0 Å². The molecule has 3 nitrogen and oxygen atoms in total. The van der Waals surface area contributed by atoms with E-state index in [4.69, 9.17) is 0 Å². The zero-order valence-corrected chi connectivity index (χ0v) is 12.7. The third kappa shape index (κ3) is 2.55. The van der Waals surface area contributed by atoms with Gasteiger partial charge in [-0.1, -0.05) is 49.2 Å². The first-order chi connectivity index (χ1) is 10.2. The summed E-state index contributed by atoms with van der Waals surface area (Å²) >= 11 is 5.54. The summed E-state index contributed by atoms with van der Waals surface area (Å²) in [6, 6.07) is 13.5. The lowest BCUT2D eigenvalue weighted by Crippen LogP contribution is -2.00. The quantitative estimate of drug-likeness (QED) is 0.632. The highest BCUT2D eigenvalue weighted by molar-refractivity contribution is 7.78. The number of carbonyl (C=O) groups is 1. The summed E-state index contributed by atoms with van der Waals surface area (Å²) in [5.41, 5.74) is 3.66. The van der Waals surface area contributed by atoms with E-state index in [2.05, 4.69) is 23.6 Å². The lowest BCUT2D eigenvalue weighted by Gasteiger charge is -2.08. The molecule has 3 rings (SSSR count). The Morgan fingerprint density at radius 3 is 2.71 bits per heavy atom. The third-order valence-electron chi connectivity index (χ3n) is 3.41. The van der Waals surface area contributed by atoms with Gasteiger partial charge < -0.3 is 5.11 Å². The average Bonchev–Trinajstić information content (AvgIpc) is 2.91. The van der Waals surface area contributed by atoms with Crippen LogP contribution < -0.4 is 4.72 Å². The SMILES string of the molecule is O=C(O)c1cccc2c(-c3ccccc3CNS)csc12. The van der Waals surface area contributed by atoms with Crippen molar-refractivity contribution in [3.05, 3.63) is 59.0 Å². The Labute approximate surface area is 131 Å². The maximum Gasteiger partial charge on any atom is 0.337 e. The fourth-order valence-corrected chi connectivity index (χ4v) is 3.70. The van der Waals surface area contributed by atoms with E-state index in [1.807, 2.05) is 29.6 Å². The number of hydrogen-bond donors (Lipinski definition) is 3. The van der Waals surface area contributed by atoms with Crippen molar-refractivity contribution in [3.8, 4) is 11.1 Å². The van der Waals surface area contributed by atoms with E-state index in [1.54, 1.807) is 12.1 Å². The van der Waals surface area contributed by atoms with Gasteiger partial charge in [-0.05, 0) is 22.6 Å². The van der Waals surface area contributed by atoms with Gasteiger partial charge >= 0.3 is 5.97 Å². The Bertz CT molecular complexity index is 811. The summed E-state index contributed by atoms with van der Waals surface area (Å²) in [7, 11) is 0. The molecule has 0 radical (unpaired) electrons. The van der Waals surface area contributed by atoms with Crippen molar-refractivity contribution in [2.45, 2.75) is 6.54 Å². The van der Waals surface area contributed by atoms with Gasteiger partial charge in [-0.25, -0.2) is 4.79 Å². The summed E-state index contributed by atoms with van der Waals surface area (Å²) in [5.74, 6) is -0.890. The van der Waals surface area contributed by atoms with Gasteiger partial charge in [-0.15, -0.1) is 11.3 Å².